The quantitative estimate of drug-likeness (QED) is 0.914. The van der Waals surface area contributed by atoms with Gasteiger partial charge in [0.1, 0.15) is 11.9 Å². The molecule has 1 aliphatic heterocycles. The molecule has 1 aliphatic rings. The summed E-state index contributed by atoms with van der Waals surface area (Å²) in [7, 11) is 0. The minimum Gasteiger partial charge on any atom is -0.487 e. The van der Waals surface area contributed by atoms with Gasteiger partial charge in [-0.2, -0.15) is 0 Å². The Morgan fingerprint density at radius 1 is 1.50 bits per heavy atom. The number of halogens is 2. The van der Waals surface area contributed by atoms with Crippen LogP contribution in [0.5, 0.6) is 5.75 Å². The van der Waals surface area contributed by atoms with Crippen LogP contribution in [-0.2, 0) is 0 Å². The van der Waals surface area contributed by atoms with Gasteiger partial charge in [0.15, 0.2) is 0 Å². The average Bonchev–Trinajstić information content (AvgIpc) is 2.53. The SMILES string of the molecule is CCCNC1c2cc(Br)cc(Cl)c2OC1C. The predicted octanol–water partition coefficient (Wildman–Crippen LogP) is 3.92. The van der Waals surface area contributed by atoms with Crippen molar-refractivity contribution in [3.63, 3.8) is 0 Å². The summed E-state index contributed by atoms with van der Waals surface area (Å²) in [6, 6.07) is 4.19. The molecule has 1 N–H and O–H groups in total. The second kappa shape index (κ2) is 4.94. The third-order valence-electron chi connectivity index (χ3n) is 2.76. The summed E-state index contributed by atoms with van der Waals surface area (Å²) in [5.41, 5.74) is 1.15. The first-order chi connectivity index (χ1) is 7.63. The lowest BCUT2D eigenvalue weighted by atomic mass is 10.0. The molecule has 1 aromatic carbocycles. The molecule has 0 aliphatic carbocycles. The van der Waals surface area contributed by atoms with Gasteiger partial charge in [0.25, 0.3) is 0 Å². The molecule has 2 atom stereocenters. The predicted molar refractivity (Wildman–Crippen MR) is 70.3 cm³/mol. The van der Waals surface area contributed by atoms with Crippen LogP contribution in [0.4, 0.5) is 0 Å². The number of hydrogen-bond donors (Lipinski definition) is 1. The third-order valence-corrected chi connectivity index (χ3v) is 3.50. The summed E-state index contributed by atoms with van der Waals surface area (Å²) in [4.78, 5) is 0. The zero-order valence-electron chi connectivity index (χ0n) is 9.39. The van der Waals surface area contributed by atoms with E-state index in [1.165, 1.54) is 0 Å². The molecule has 2 nitrogen and oxygen atoms in total. The van der Waals surface area contributed by atoms with Gasteiger partial charge in [-0.25, -0.2) is 0 Å². The lowest BCUT2D eigenvalue weighted by molar-refractivity contribution is 0.210. The topological polar surface area (TPSA) is 21.3 Å². The lowest BCUT2D eigenvalue weighted by Gasteiger charge is -2.16. The van der Waals surface area contributed by atoms with Crippen LogP contribution < -0.4 is 10.1 Å². The Bertz CT molecular complexity index is 397. The fraction of sp³-hybridized carbons (Fsp3) is 0.500. The highest BCUT2D eigenvalue weighted by Gasteiger charge is 2.32. The minimum atomic E-state index is 0.133. The Morgan fingerprint density at radius 3 is 2.94 bits per heavy atom. The van der Waals surface area contributed by atoms with Crippen molar-refractivity contribution in [2.75, 3.05) is 6.54 Å². The van der Waals surface area contributed by atoms with Crippen molar-refractivity contribution >= 4 is 27.5 Å². The van der Waals surface area contributed by atoms with E-state index in [2.05, 4.69) is 41.2 Å². The monoisotopic (exact) mass is 303 g/mol. The number of rotatable bonds is 3. The van der Waals surface area contributed by atoms with E-state index < -0.39 is 0 Å². The van der Waals surface area contributed by atoms with Crippen molar-refractivity contribution in [2.24, 2.45) is 0 Å². The molecule has 1 aromatic rings. The molecule has 4 heteroatoms. The van der Waals surface area contributed by atoms with E-state index in [0.717, 1.165) is 28.8 Å². The zero-order chi connectivity index (χ0) is 11.7. The maximum Gasteiger partial charge on any atom is 0.143 e. The number of ether oxygens (including phenoxy) is 1. The van der Waals surface area contributed by atoms with Gasteiger partial charge in [-0.15, -0.1) is 0 Å². The summed E-state index contributed by atoms with van der Waals surface area (Å²) in [5.74, 6) is 0.825. The highest BCUT2D eigenvalue weighted by molar-refractivity contribution is 9.10. The number of nitrogens with one attached hydrogen (secondary N) is 1. The Balaban J connectivity index is 2.32. The van der Waals surface area contributed by atoms with E-state index >= 15 is 0 Å². The van der Waals surface area contributed by atoms with E-state index in [4.69, 9.17) is 16.3 Å². The van der Waals surface area contributed by atoms with Crippen LogP contribution >= 0.6 is 27.5 Å². The van der Waals surface area contributed by atoms with Gasteiger partial charge in [0, 0.05) is 10.0 Å². The zero-order valence-corrected chi connectivity index (χ0v) is 11.7. The number of fused-ring (bicyclic) bond motifs is 1. The molecule has 0 radical (unpaired) electrons. The largest absolute Gasteiger partial charge is 0.487 e. The molecular formula is C12H15BrClNO. The molecule has 0 spiro atoms. The summed E-state index contributed by atoms with van der Waals surface area (Å²) in [6.45, 7) is 5.21. The molecule has 16 heavy (non-hydrogen) atoms. The summed E-state index contributed by atoms with van der Waals surface area (Å²) >= 11 is 9.62. The molecule has 0 saturated carbocycles. The Morgan fingerprint density at radius 2 is 2.25 bits per heavy atom. The van der Waals surface area contributed by atoms with Gasteiger partial charge in [-0.3, -0.25) is 0 Å². The first kappa shape index (κ1) is 12.2. The molecule has 0 fully saturated rings. The molecule has 2 rings (SSSR count). The molecule has 2 unspecified atom stereocenters. The van der Waals surface area contributed by atoms with Gasteiger partial charge in [0.2, 0.25) is 0 Å². The van der Waals surface area contributed by atoms with E-state index in [0.29, 0.717) is 5.02 Å². The summed E-state index contributed by atoms with van der Waals surface area (Å²) in [6.07, 6.45) is 1.24. The van der Waals surface area contributed by atoms with Crippen LogP contribution in [0, 0.1) is 0 Å². The van der Waals surface area contributed by atoms with E-state index in [9.17, 15) is 0 Å². The van der Waals surface area contributed by atoms with E-state index in [1.807, 2.05) is 6.07 Å². The first-order valence-corrected chi connectivity index (χ1v) is 6.69. The van der Waals surface area contributed by atoms with Crippen molar-refractivity contribution in [3.8, 4) is 5.75 Å². The molecule has 0 bridgehead atoms. The standard InChI is InChI=1S/C12H15BrClNO/c1-3-4-15-11-7(2)16-12-9(11)5-8(13)6-10(12)14/h5-7,11,15H,3-4H2,1-2H3. The maximum absolute atomic E-state index is 6.16. The minimum absolute atomic E-state index is 0.133. The van der Waals surface area contributed by atoms with Gasteiger partial charge in [0.05, 0.1) is 11.1 Å². The van der Waals surface area contributed by atoms with E-state index in [1.54, 1.807) is 0 Å². The second-order valence-corrected chi connectivity index (χ2v) is 5.38. The highest BCUT2D eigenvalue weighted by Crippen LogP contribution is 2.43. The molecule has 0 aromatic heterocycles. The van der Waals surface area contributed by atoms with Crippen LogP contribution in [0.2, 0.25) is 5.02 Å². The van der Waals surface area contributed by atoms with Crippen molar-refractivity contribution in [2.45, 2.75) is 32.4 Å². The number of benzene rings is 1. The van der Waals surface area contributed by atoms with Crippen LogP contribution in [0.3, 0.4) is 0 Å². The molecule has 0 saturated heterocycles. The normalized spacial score (nSPS) is 23.0. The smallest absolute Gasteiger partial charge is 0.143 e. The third kappa shape index (κ3) is 2.22. The van der Waals surface area contributed by atoms with Crippen LogP contribution in [0.1, 0.15) is 31.9 Å². The first-order valence-electron chi connectivity index (χ1n) is 5.52. The van der Waals surface area contributed by atoms with Crippen LogP contribution in [0.15, 0.2) is 16.6 Å². The Kier molecular flexibility index (Phi) is 3.77. The fourth-order valence-corrected chi connectivity index (χ4v) is 2.90. The maximum atomic E-state index is 6.16. The Hall–Kier alpha value is -0.250. The highest BCUT2D eigenvalue weighted by atomic mass is 79.9. The Labute approximate surface area is 109 Å². The second-order valence-electron chi connectivity index (χ2n) is 4.06. The fourth-order valence-electron chi connectivity index (χ4n) is 2.02. The summed E-state index contributed by atoms with van der Waals surface area (Å²) in [5, 5.41) is 4.16. The van der Waals surface area contributed by atoms with Crippen LogP contribution in [-0.4, -0.2) is 12.6 Å². The average molecular weight is 305 g/mol. The van der Waals surface area contributed by atoms with Gasteiger partial charge in [-0.1, -0.05) is 34.5 Å². The van der Waals surface area contributed by atoms with Gasteiger partial charge >= 0.3 is 0 Å². The van der Waals surface area contributed by atoms with Crippen molar-refractivity contribution in [1.82, 2.24) is 5.32 Å². The molecular weight excluding hydrogens is 289 g/mol. The summed E-state index contributed by atoms with van der Waals surface area (Å²) < 4.78 is 6.78. The van der Waals surface area contributed by atoms with Crippen molar-refractivity contribution in [1.29, 1.82) is 0 Å². The molecule has 0 amide bonds. The van der Waals surface area contributed by atoms with Gasteiger partial charge < -0.3 is 10.1 Å². The van der Waals surface area contributed by atoms with E-state index in [-0.39, 0.29) is 12.1 Å². The molecule has 1 heterocycles. The van der Waals surface area contributed by atoms with Crippen molar-refractivity contribution < 1.29 is 4.74 Å². The van der Waals surface area contributed by atoms with Gasteiger partial charge in [-0.05, 0) is 32.0 Å². The number of hydrogen-bond acceptors (Lipinski definition) is 2. The molecule has 88 valence electrons. The lowest BCUT2D eigenvalue weighted by Crippen LogP contribution is -2.29. The van der Waals surface area contributed by atoms with Crippen LogP contribution in [0.25, 0.3) is 0 Å². The van der Waals surface area contributed by atoms with Crippen molar-refractivity contribution in [3.05, 3.63) is 27.2 Å².